The standard InChI is InChI=1S/C21H16F2N2O2/c22-16-8-15(9-17(23)11-16)21(26)25-12-18-10-14-2-1-3-19(20(14)27-18)13-4-6-24-7-5-13/h1-9,11,18H,10,12H2,(H,25,26). The molecule has 0 bridgehead atoms. The van der Waals surface area contributed by atoms with Gasteiger partial charge in [0.1, 0.15) is 23.5 Å². The molecule has 1 aromatic heterocycles. The third kappa shape index (κ3) is 3.65. The van der Waals surface area contributed by atoms with Crippen LogP contribution in [0.4, 0.5) is 8.78 Å². The van der Waals surface area contributed by atoms with Gasteiger partial charge in [-0.25, -0.2) is 8.78 Å². The SMILES string of the molecule is O=C(NCC1Cc2cccc(-c3ccncc3)c2O1)c1cc(F)cc(F)c1. The third-order valence-corrected chi connectivity index (χ3v) is 4.44. The van der Waals surface area contributed by atoms with Crippen molar-refractivity contribution in [2.75, 3.05) is 6.54 Å². The molecule has 0 saturated carbocycles. The van der Waals surface area contributed by atoms with E-state index in [0.717, 1.165) is 40.6 Å². The predicted molar refractivity (Wildman–Crippen MR) is 96.5 cm³/mol. The summed E-state index contributed by atoms with van der Waals surface area (Å²) in [6.07, 6.45) is 3.84. The number of nitrogens with one attached hydrogen (secondary N) is 1. The summed E-state index contributed by atoms with van der Waals surface area (Å²) >= 11 is 0. The fourth-order valence-electron chi connectivity index (χ4n) is 3.20. The number of benzene rings is 2. The van der Waals surface area contributed by atoms with Crippen LogP contribution in [0.2, 0.25) is 0 Å². The number of pyridine rings is 1. The number of hydrogen-bond acceptors (Lipinski definition) is 3. The van der Waals surface area contributed by atoms with Gasteiger partial charge < -0.3 is 10.1 Å². The molecule has 0 spiro atoms. The van der Waals surface area contributed by atoms with E-state index in [1.54, 1.807) is 12.4 Å². The average Bonchev–Trinajstić information content (AvgIpc) is 3.09. The van der Waals surface area contributed by atoms with Crippen molar-refractivity contribution in [3.05, 3.63) is 83.7 Å². The summed E-state index contributed by atoms with van der Waals surface area (Å²) in [5.74, 6) is -1.32. The lowest BCUT2D eigenvalue weighted by Gasteiger charge is -2.13. The van der Waals surface area contributed by atoms with Crippen molar-refractivity contribution in [3.8, 4) is 16.9 Å². The van der Waals surface area contributed by atoms with E-state index in [-0.39, 0.29) is 18.2 Å². The Balaban J connectivity index is 1.45. The van der Waals surface area contributed by atoms with Gasteiger partial charge in [-0.3, -0.25) is 9.78 Å². The number of amides is 1. The first kappa shape index (κ1) is 17.1. The Hall–Kier alpha value is -3.28. The normalized spacial score (nSPS) is 15.1. The molecule has 6 heteroatoms. The minimum Gasteiger partial charge on any atom is -0.487 e. The van der Waals surface area contributed by atoms with Crippen LogP contribution >= 0.6 is 0 Å². The first-order valence-electron chi connectivity index (χ1n) is 8.53. The van der Waals surface area contributed by atoms with Gasteiger partial charge in [0.25, 0.3) is 5.91 Å². The zero-order valence-corrected chi connectivity index (χ0v) is 14.3. The van der Waals surface area contributed by atoms with Gasteiger partial charge in [0.15, 0.2) is 0 Å². The lowest BCUT2D eigenvalue weighted by atomic mass is 10.0. The molecule has 2 aromatic carbocycles. The number of para-hydroxylation sites is 1. The summed E-state index contributed by atoms with van der Waals surface area (Å²) in [4.78, 5) is 16.2. The molecule has 136 valence electrons. The number of carbonyl (C=O) groups is 1. The number of hydrogen-bond donors (Lipinski definition) is 1. The second-order valence-electron chi connectivity index (χ2n) is 6.34. The summed E-state index contributed by atoms with van der Waals surface area (Å²) in [6.45, 7) is 0.238. The van der Waals surface area contributed by atoms with Crippen molar-refractivity contribution in [1.82, 2.24) is 10.3 Å². The molecule has 0 radical (unpaired) electrons. The van der Waals surface area contributed by atoms with E-state index in [1.807, 2.05) is 30.3 Å². The van der Waals surface area contributed by atoms with Crippen molar-refractivity contribution in [2.45, 2.75) is 12.5 Å². The minimum absolute atomic E-state index is 0.0551. The molecule has 2 heterocycles. The Morgan fingerprint density at radius 1 is 1.11 bits per heavy atom. The van der Waals surface area contributed by atoms with Gasteiger partial charge in [-0.2, -0.15) is 0 Å². The Labute approximate surface area is 154 Å². The molecule has 0 saturated heterocycles. The van der Waals surface area contributed by atoms with E-state index in [4.69, 9.17) is 4.74 Å². The number of halogens is 2. The highest BCUT2D eigenvalue weighted by atomic mass is 19.1. The van der Waals surface area contributed by atoms with E-state index in [1.165, 1.54) is 0 Å². The fraction of sp³-hybridized carbons (Fsp3) is 0.143. The molecular formula is C21H16F2N2O2. The highest BCUT2D eigenvalue weighted by Gasteiger charge is 2.26. The van der Waals surface area contributed by atoms with E-state index < -0.39 is 17.5 Å². The highest BCUT2D eigenvalue weighted by molar-refractivity contribution is 5.94. The van der Waals surface area contributed by atoms with Gasteiger partial charge >= 0.3 is 0 Å². The Morgan fingerprint density at radius 3 is 2.59 bits per heavy atom. The maximum Gasteiger partial charge on any atom is 0.251 e. The maximum atomic E-state index is 13.3. The number of rotatable bonds is 4. The number of nitrogens with zero attached hydrogens (tertiary/aromatic N) is 1. The first-order valence-corrected chi connectivity index (χ1v) is 8.53. The van der Waals surface area contributed by atoms with Gasteiger partial charge in [0.05, 0.1) is 6.54 Å². The third-order valence-electron chi connectivity index (χ3n) is 4.44. The number of ether oxygens (including phenoxy) is 1. The van der Waals surface area contributed by atoms with E-state index in [2.05, 4.69) is 10.3 Å². The van der Waals surface area contributed by atoms with Crippen LogP contribution in [0.15, 0.2) is 60.9 Å². The van der Waals surface area contributed by atoms with Crippen molar-refractivity contribution in [1.29, 1.82) is 0 Å². The van der Waals surface area contributed by atoms with E-state index in [9.17, 15) is 13.6 Å². The van der Waals surface area contributed by atoms with Crippen LogP contribution in [0, 0.1) is 11.6 Å². The molecule has 1 atom stereocenters. The molecule has 1 unspecified atom stereocenters. The van der Waals surface area contributed by atoms with Crippen LogP contribution in [0.1, 0.15) is 15.9 Å². The molecule has 27 heavy (non-hydrogen) atoms. The minimum atomic E-state index is -0.785. The molecule has 0 fully saturated rings. The second kappa shape index (κ2) is 7.15. The molecular weight excluding hydrogens is 350 g/mol. The zero-order chi connectivity index (χ0) is 18.8. The smallest absolute Gasteiger partial charge is 0.251 e. The van der Waals surface area contributed by atoms with Gasteiger partial charge in [-0.05, 0) is 35.4 Å². The topological polar surface area (TPSA) is 51.2 Å². The van der Waals surface area contributed by atoms with Gasteiger partial charge in [0.2, 0.25) is 0 Å². The van der Waals surface area contributed by atoms with Crippen LogP contribution in [-0.2, 0) is 6.42 Å². The zero-order valence-electron chi connectivity index (χ0n) is 14.3. The monoisotopic (exact) mass is 366 g/mol. The second-order valence-corrected chi connectivity index (χ2v) is 6.34. The van der Waals surface area contributed by atoms with Crippen molar-refractivity contribution >= 4 is 5.91 Å². The summed E-state index contributed by atoms with van der Waals surface area (Å²) in [6, 6.07) is 12.5. The Kier molecular flexibility index (Phi) is 4.54. The molecule has 4 rings (SSSR count). The van der Waals surface area contributed by atoms with E-state index >= 15 is 0 Å². The molecule has 0 aliphatic carbocycles. The van der Waals surface area contributed by atoms with Crippen LogP contribution in [-0.4, -0.2) is 23.5 Å². The molecule has 1 aliphatic heterocycles. The quantitative estimate of drug-likeness (QED) is 0.765. The summed E-state index contributed by atoms with van der Waals surface area (Å²) in [7, 11) is 0. The number of aromatic nitrogens is 1. The van der Waals surface area contributed by atoms with Gasteiger partial charge in [-0.15, -0.1) is 0 Å². The summed E-state index contributed by atoms with van der Waals surface area (Å²) in [5, 5.41) is 2.68. The van der Waals surface area contributed by atoms with Crippen molar-refractivity contribution < 1.29 is 18.3 Å². The molecule has 1 amide bonds. The van der Waals surface area contributed by atoms with Crippen LogP contribution in [0.25, 0.3) is 11.1 Å². The van der Waals surface area contributed by atoms with Crippen LogP contribution in [0.3, 0.4) is 0 Å². The fourth-order valence-corrected chi connectivity index (χ4v) is 3.20. The van der Waals surface area contributed by atoms with Crippen molar-refractivity contribution in [3.63, 3.8) is 0 Å². The van der Waals surface area contributed by atoms with E-state index in [0.29, 0.717) is 6.42 Å². The first-order chi connectivity index (χ1) is 13.1. The maximum absolute atomic E-state index is 13.3. The molecule has 4 nitrogen and oxygen atoms in total. The number of fused-ring (bicyclic) bond motifs is 1. The number of carbonyl (C=O) groups excluding carboxylic acids is 1. The van der Waals surface area contributed by atoms with Gasteiger partial charge in [-0.1, -0.05) is 18.2 Å². The highest BCUT2D eigenvalue weighted by Crippen LogP contribution is 2.38. The molecule has 1 N–H and O–H groups in total. The summed E-state index contributed by atoms with van der Waals surface area (Å²) < 4.78 is 32.6. The van der Waals surface area contributed by atoms with Crippen LogP contribution in [0.5, 0.6) is 5.75 Å². The Bertz CT molecular complexity index is 972. The largest absolute Gasteiger partial charge is 0.487 e. The lowest BCUT2D eigenvalue weighted by molar-refractivity contribution is 0.0932. The Morgan fingerprint density at radius 2 is 1.85 bits per heavy atom. The average molecular weight is 366 g/mol. The predicted octanol–water partition coefficient (Wildman–Crippen LogP) is 3.76. The van der Waals surface area contributed by atoms with Crippen molar-refractivity contribution in [2.24, 2.45) is 0 Å². The lowest BCUT2D eigenvalue weighted by Crippen LogP contribution is -2.34. The molecule has 3 aromatic rings. The van der Waals surface area contributed by atoms with Gasteiger partial charge in [0, 0.05) is 36.0 Å². The summed E-state index contributed by atoms with van der Waals surface area (Å²) in [5.41, 5.74) is 2.97. The van der Waals surface area contributed by atoms with Crippen LogP contribution < -0.4 is 10.1 Å². The molecule has 1 aliphatic rings.